The van der Waals surface area contributed by atoms with Crippen LogP contribution in [-0.4, -0.2) is 0 Å². The van der Waals surface area contributed by atoms with Crippen LogP contribution < -0.4 is 0 Å². The predicted molar refractivity (Wildman–Crippen MR) is 85.1 cm³/mol. The van der Waals surface area contributed by atoms with Crippen LogP contribution >= 0.6 is 0 Å². The standard InChI is InChI=1S/C13H17.2C2H6.CH3.2Y/c1-10(2)11-4-6-12(7-5-11)13(3)8-9-13;2*1-2;;;/h4-6,10H,8-9H2,1-3H3;2*1-2H3;1H3;;/q-1;;;-1;;. The summed E-state index contributed by atoms with van der Waals surface area (Å²) in [5.41, 5.74) is 3.26. The summed E-state index contributed by atoms with van der Waals surface area (Å²) in [5, 5.41) is 0. The van der Waals surface area contributed by atoms with E-state index in [0.717, 1.165) is 0 Å². The van der Waals surface area contributed by atoms with Crippen LogP contribution in [0.4, 0.5) is 0 Å². The molecule has 1 aliphatic carbocycles. The molecule has 0 unspecified atom stereocenters. The number of hydrogen-bond donors (Lipinski definition) is 0. The molecule has 1 aromatic carbocycles. The summed E-state index contributed by atoms with van der Waals surface area (Å²) < 4.78 is 0. The molecule has 0 N–H and O–H groups in total. The second-order valence-electron chi connectivity index (χ2n) is 4.75. The van der Waals surface area contributed by atoms with Gasteiger partial charge in [-0.2, -0.15) is 35.4 Å². The fourth-order valence-corrected chi connectivity index (χ4v) is 1.63. The van der Waals surface area contributed by atoms with Crippen LogP contribution in [0, 0.1) is 13.5 Å². The van der Waals surface area contributed by atoms with Crippen molar-refractivity contribution in [1.82, 2.24) is 0 Å². The summed E-state index contributed by atoms with van der Waals surface area (Å²) in [4.78, 5) is 0. The minimum atomic E-state index is 0. The number of hydrogen-bond acceptors (Lipinski definition) is 0. The van der Waals surface area contributed by atoms with Crippen molar-refractivity contribution in [2.45, 2.75) is 72.6 Å². The van der Waals surface area contributed by atoms with Crippen molar-refractivity contribution in [3.63, 3.8) is 0 Å². The first kappa shape index (κ1) is 29.4. The summed E-state index contributed by atoms with van der Waals surface area (Å²) in [5.74, 6) is 0.623. The first-order valence-corrected chi connectivity index (χ1v) is 7.14. The van der Waals surface area contributed by atoms with E-state index < -0.39 is 0 Å². The third-order valence-corrected chi connectivity index (χ3v) is 3.15. The molecule has 0 aromatic heterocycles. The van der Waals surface area contributed by atoms with Gasteiger partial charge in [0.2, 0.25) is 0 Å². The van der Waals surface area contributed by atoms with Gasteiger partial charge in [-0.3, -0.25) is 0 Å². The predicted octanol–water partition coefficient (Wildman–Crippen LogP) is 6.16. The molecule has 0 amide bonds. The molecule has 0 spiro atoms. The van der Waals surface area contributed by atoms with Gasteiger partial charge >= 0.3 is 0 Å². The quantitative estimate of drug-likeness (QED) is 0.497. The molecule has 0 atom stereocenters. The van der Waals surface area contributed by atoms with Crippen LogP contribution in [0.3, 0.4) is 0 Å². The molecular formula is C18H32Y2-2. The van der Waals surface area contributed by atoms with Gasteiger partial charge in [-0.25, -0.2) is 0 Å². The van der Waals surface area contributed by atoms with E-state index in [-0.39, 0.29) is 72.8 Å². The maximum absolute atomic E-state index is 3.42. The molecule has 1 aliphatic rings. The Kier molecular flexibility index (Phi) is 22.6. The van der Waals surface area contributed by atoms with Crippen molar-refractivity contribution in [3.8, 4) is 0 Å². The molecule has 0 nitrogen and oxygen atoms in total. The molecule has 112 valence electrons. The van der Waals surface area contributed by atoms with Gasteiger partial charge in [0.25, 0.3) is 0 Å². The van der Waals surface area contributed by atoms with E-state index in [9.17, 15) is 0 Å². The zero-order valence-corrected chi connectivity index (χ0v) is 20.6. The Morgan fingerprint density at radius 2 is 1.45 bits per heavy atom. The summed E-state index contributed by atoms with van der Waals surface area (Å²) in [6.07, 6.45) is 2.68. The molecule has 1 fully saturated rings. The Bertz CT molecular complexity index is 298. The Labute approximate surface area is 179 Å². The Balaban J connectivity index is -0.000000169. The minimum absolute atomic E-state index is 0. The van der Waals surface area contributed by atoms with Gasteiger partial charge < -0.3 is 7.43 Å². The first-order valence-electron chi connectivity index (χ1n) is 7.14. The van der Waals surface area contributed by atoms with E-state index in [1.54, 1.807) is 0 Å². The molecule has 0 heterocycles. The molecule has 0 saturated heterocycles. The number of benzene rings is 1. The van der Waals surface area contributed by atoms with E-state index in [1.807, 2.05) is 27.7 Å². The first-order chi connectivity index (χ1) is 8.12. The van der Waals surface area contributed by atoms with Crippen LogP contribution in [0.5, 0.6) is 0 Å². The smallest absolute Gasteiger partial charge is 0 e. The molecule has 0 aliphatic heterocycles. The van der Waals surface area contributed by atoms with Gasteiger partial charge in [-0.05, 0) is 18.3 Å². The van der Waals surface area contributed by atoms with Crippen LogP contribution in [0.2, 0.25) is 0 Å². The monoisotopic (exact) mass is 426 g/mol. The normalized spacial score (nSPS) is 13.0. The summed E-state index contributed by atoms with van der Waals surface area (Å²) >= 11 is 0. The Hall–Kier alpha value is 1.43. The SMILES string of the molecule is CC.CC.CC(C)c1c[c-]c(C2(C)CC2)cc1.[CH3-].[Y].[Y]. The topological polar surface area (TPSA) is 0 Å². The second kappa shape index (κ2) is 15.3. The maximum Gasteiger partial charge on any atom is 0 e. The van der Waals surface area contributed by atoms with Crippen molar-refractivity contribution in [2.24, 2.45) is 0 Å². The molecule has 2 heteroatoms. The van der Waals surface area contributed by atoms with Gasteiger partial charge in [-0.15, -0.1) is 0 Å². The van der Waals surface area contributed by atoms with Crippen molar-refractivity contribution >= 4 is 0 Å². The van der Waals surface area contributed by atoms with E-state index in [2.05, 4.69) is 45.0 Å². The molecular weight excluding hydrogens is 394 g/mol. The van der Waals surface area contributed by atoms with Crippen molar-refractivity contribution in [1.29, 1.82) is 0 Å². The van der Waals surface area contributed by atoms with Crippen LogP contribution in [0.15, 0.2) is 18.2 Å². The van der Waals surface area contributed by atoms with Gasteiger partial charge in [0.15, 0.2) is 0 Å². The molecule has 20 heavy (non-hydrogen) atoms. The average Bonchev–Trinajstić information content (AvgIpc) is 3.14. The Morgan fingerprint density at radius 1 is 1.00 bits per heavy atom. The van der Waals surface area contributed by atoms with Gasteiger partial charge in [0, 0.05) is 65.4 Å². The van der Waals surface area contributed by atoms with Crippen molar-refractivity contribution < 1.29 is 65.4 Å². The second-order valence-corrected chi connectivity index (χ2v) is 4.75. The van der Waals surface area contributed by atoms with Gasteiger partial charge in [0.05, 0.1) is 0 Å². The van der Waals surface area contributed by atoms with E-state index in [4.69, 9.17) is 0 Å². The molecule has 1 aromatic rings. The van der Waals surface area contributed by atoms with E-state index >= 15 is 0 Å². The zero-order chi connectivity index (χ0) is 13.5. The average molecular weight is 426 g/mol. The van der Waals surface area contributed by atoms with Gasteiger partial charge in [-0.1, -0.05) is 54.4 Å². The molecule has 0 bridgehead atoms. The molecule has 2 radical (unpaired) electrons. The zero-order valence-electron chi connectivity index (χ0n) is 14.9. The largest absolute Gasteiger partial charge is 0.358 e. The minimum Gasteiger partial charge on any atom is -0.358 e. The summed E-state index contributed by atoms with van der Waals surface area (Å²) in [6.45, 7) is 14.8. The van der Waals surface area contributed by atoms with Crippen molar-refractivity contribution in [2.75, 3.05) is 0 Å². The fraction of sp³-hybridized carbons (Fsp3) is 0.611. The summed E-state index contributed by atoms with van der Waals surface area (Å²) in [6, 6.07) is 10.1. The third-order valence-electron chi connectivity index (χ3n) is 3.15. The molecule has 1 saturated carbocycles. The van der Waals surface area contributed by atoms with E-state index in [0.29, 0.717) is 11.3 Å². The van der Waals surface area contributed by atoms with Crippen LogP contribution in [0.1, 0.15) is 78.4 Å². The summed E-state index contributed by atoms with van der Waals surface area (Å²) in [7, 11) is 0. The van der Waals surface area contributed by atoms with Gasteiger partial charge in [0.1, 0.15) is 0 Å². The number of rotatable bonds is 2. The molecule has 2 rings (SSSR count). The maximum atomic E-state index is 3.42. The Morgan fingerprint density at radius 3 is 1.70 bits per heavy atom. The fourth-order valence-electron chi connectivity index (χ4n) is 1.63. The third kappa shape index (κ3) is 9.45. The van der Waals surface area contributed by atoms with Crippen LogP contribution in [0.25, 0.3) is 0 Å². The van der Waals surface area contributed by atoms with E-state index in [1.165, 1.54) is 24.0 Å². The van der Waals surface area contributed by atoms with Crippen molar-refractivity contribution in [3.05, 3.63) is 42.8 Å². The van der Waals surface area contributed by atoms with Crippen LogP contribution in [-0.2, 0) is 70.8 Å².